The summed E-state index contributed by atoms with van der Waals surface area (Å²) >= 11 is 0. The highest BCUT2D eigenvalue weighted by Crippen LogP contribution is 2.33. The number of nitrogens with one attached hydrogen (secondary N) is 1. The summed E-state index contributed by atoms with van der Waals surface area (Å²) in [7, 11) is 0. The molecule has 1 aromatic carbocycles. The molecule has 0 radical (unpaired) electrons. The number of amides is 1. The predicted octanol–water partition coefficient (Wildman–Crippen LogP) is 1.95. The number of benzene rings is 1. The minimum atomic E-state index is -0.0888. The van der Waals surface area contributed by atoms with E-state index in [1.807, 2.05) is 12.1 Å². The van der Waals surface area contributed by atoms with Gasteiger partial charge in [-0.15, -0.1) is 0 Å². The smallest absolute Gasteiger partial charge is 0.257 e. The zero-order valence-corrected chi connectivity index (χ0v) is 10.5. The Kier molecular flexibility index (Phi) is 4.45. The third kappa shape index (κ3) is 4.28. The molecule has 4 nitrogen and oxygen atoms in total. The number of para-hydroxylation sites is 2. The van der Waals surface area contributed by atoms with Crippen LogP contribution in [-0.2, 0) is 4.79 Å². The van der Waals surface area contributed by atoms with E-state index < -0.39 is 0 Å². The van der Waals surface area contributed by atoms with Gasteiger partial charge in [-0.1, -0.05) is 25.0 Å². The predicted molar refractivity (Wildman–Crippen MR) is 71.3 cm³/mol. The summed E-state index contributed by atoms with van der Waals surface area (Å²) in [6.45, 7) is 0.764. The zero-order valence-electron chi connectivity index (χ0n) is 10.5. The zero-order chi connectivity index (χ0) is 12.8. The maximum Gasteiger partial charge on any atom is 0.257 e. The molecule has 0 aromatic heterocycles. The maximum absolute atomic E-state index is 11.5. The standard InChI is InChI=1S/C14H20N2O2/c15-12-5-1-2-6-13(12)18-10-14(17)16-9-3-4-11-7-8-11/h1-2,5-6,11H,3-4,7-10,15H2,(H,16,17). The Bertz CT molecular complexity index is 403. The first-order valence-electron chi connectivity index (χ1n) is 6.49. The molecule has 0 unspecified atom stereocenters. The largest absolute Gasteiger partial charge is 0.482 e. The van der Waals surface area contributed by atoms with Crippen molar-refractivity contribution in [2.24, 2.45) is 5.92 Å². The van der Waals surface area contributed by atoms with E-state index in [1.54, 1.807) is 12.1 Å². The SMILES string of the molecule is Nc1ccccc1OCC(=O)NCCCC1CC1. The molecule has 0 aliphatic heterocycles. The molecule has 1 aromatic rings. The van der Waals surface area contributed by atoms with Crippen molar-refractivity contribution in [3.63, 3.8) is 0 Å². The van der Waals surface area contributed by atoms with Gasteiger partial charge in [0.1, 0.15) is 5.75 Å². The summed E-state index contributed by atoms with van der Waals surface area (Å²) in [6, 6.07) is 7.18. The topological polar surface area (TPSA) is 64.3 Å². The molecule has 0 spiro atoms. The second-order valence-electron chi connectivity index (χ2n) is 4.76. The fourth-order valence-corrected chi connectivity index (χ4v) is 1.83. The van der Waals surface area contributed by atoms with E-state index in [9.17, 15) is 4.79 Å². The van der Waals surface area contributed by atoms with Crippen LogP contribution in [0.4, 0.5) is 5.69 Å². The minimum Gasteiger partial charge on any atom is -0.482 e. The van der Waals surface area contributed by atoms with Crippen LogP contribution in [0.2, 0.25) is 0 Å². The van der Waals surface area contributed by atoms with Gasteiger partial charge in [-0.3, -0.25) is 4.79 Å². The van der Waals surface area contributed by atoms with Crippen LogP contribution in [0.5, 0.6) is 5.75 Å². The van der Waals surface area contributed by atoms with Crippen LogP contribution < -0.4 is 15.8 Å². The van der Waals surface area contributed by atoms with Gasteiger partial charge in [0.25, 0.3) is 5.91 Å². The highest BCUT2D eigenvalue weighted by atomic mass is 16.5. The molecule has 4 heteroatoms. The van der Waals surface area contributed by atoms with Crippen LogP contribution in [-0.4, -0.2) is 19.1 Å². The Hall–Kier alpha value is -1.71. The van der Waals surface area contributed by atoms with E-state index in [0.29, 0.717) is 11.4 Å². The first-order valence-corrected chi connectivity index (χ1v) is 6.49. The molecule has 1 aliphatic carbocycles. The number of ether oxygens (including phenoxy) is 1. The molecule has 1 amide bonds. The summed E-state index contributed by atoms with van der Waals surface area (Å²) < 4.78 is 5.35. The van der Waals surface area contributed by atoms with Crippen LogP contribution in [0.1, 0.15) is 25.7 Å². The van der Waals surface area contributed by atoms with Crippen molar-refractivity contribution in [2.75, 3.05) is 18.9 Å². The van der Waals surface area contributed by atoms with Crippen molar-refractivity contribution in [2.45, 2.75) is 25.7 Å². The molecule has 0 saturated heterocycles. The molecule has 2 rings (SSSR count). The van der Waals surface area contributed by atoms with Gasteiger partial charge in [0.15, 0.2) is 6.61 Å². The molecular formula is C14H20N2O2. The molecule has 0 atom stereocenters. The van der Waals surface area contributed by atoms with E-state index in [0.717, 1.165) is 18.9 Å². The van der Waals surface area contributed by atoms with Gasteiger partial charge in [-0.25, -0.2) is 0 Å². The van der Waals surface area contributed by atoms with Gasteiger partial charge in [0.05, 0.1) is 5.69 Å². The third-order valence-corrected chi connectivity index (χ3v) is 3.09. The average molecular weight is 248 g/mol. The Labute approximate surface area is 108 Å². The minimum absolute atomic E-state index is 0.0254. The number of anilines is 1. The van der Waals surface area contributed by atoms with Crippen LogP contribution in [0.15, 0.2) is 24.3 Å². The normalized spacial score (nSPS) is 14.2. The highest BCUT2D eigenvalue weighted by Gasteiger charge is 2.20. The molecular weight excluding hydrogens is 228 g/mol. The van der Waals surface area contributed by atoms with Gasteiger partial charge in [0.2, 0.25) is 0 Å². The lowest BCUT2D eigenvalue weighted by Gasteiger charge is -2.08. The number of hydrogen-bond acceptors (Lipinski definition) is 3. The number of carbonyl (C=O) groups excluding carboxylic acids is 1. The number of hydrogen-bond donors (Lipinski definition) is 2. The molecule has 1 saturated carbocycles. The molecule has 1 fully saturated rings. The van der Waals surface area contributed by atoms with Gasteiger partial charge >= 0.3 is 0 Å². The average Bonchev–Trinajstić information content (AvgIpc) is 3.18. The molecule has 0 bridgehead atoms. The lowest BCUT2D eigenvalue weighted by Crippen LogP contribution is -2.29. The summed E-state index contributed by atoms with van der Waals surface area (Å²) in [5.41, 5.74) is 6.27. The molecule has 0 heterocycles. The Morgan fingerprint density at radius 1 is 1.39 bits per heavy atom. The highest BCUT2D eigenvalue weighted by molar-refractivity contribution is 5.77. The van der Waals surface area contributed by atoms with Crippen molar-refractivity contribution in [1.29, 1.82) is 0 Å². The fourth-order valence-electron chi connectivity index (χ4n) is 1.83. The van der Waals surface area contributed by atoms with Crippen molar-refractivity contribution >= 4 is 11.6 Å². The van der Waals surface area contributed by atoms with Crippen molar-refractivity contribution in [1.82, 2.24) is 5.32 Å². The third-order valence-electron chi connectivity index (χ3n) is 3.09. The number of carbonyl (C=O) groups is 1. The van der Waals surface area contributed by atoms with Gasteiger partial charge in [-0.05, 0) is 30.9 Å². The van der Waals surface area contributed by atoms with E-state index in [2.05, 4.69) is 5.32 Å². The van der Waals surface area contributed by atoms with Crippen LogP contribution in [0.25, 0.3) is 0 Å². The lowest BCUT2D eigenvalue weighted by atomic mass is 10.2. The van der Waals surface area contributed by atoms with Gasteiger partial charge in [0, 0.05) is 6.54 Å². The maximum atomic E-state index is 11.5. The van der Waals surface area contributed by atoms with Gasteiger partial charge in [-0.2, -0.15) is 0 Å². The van der Waals surface area contributed by atoms with E-state index >= 15 is 0 Å². The van der Waals surface area contributed by atoms with E-state index in [1.165, 1.54) is 19.3 Å². The summed E-state index contributed by atoms with van der Waals surface area (Å²) in [4.78, 5) is 11.5. The molecule has 1 aliphatic rings. The van der Waals surface area contributed by atoms with Crippen molar-refractivity contribution in [3.05, 3.63) is 24.3 Å². The first-order chi connectivity index (χ1) is 8.75. The van der Waals surface area contributed by atoms with E-state index in [4.69, 9.17) is 10.5 Å². The fraction of sp³-hybridized carbons (Fsp3) is 0.500. The quantitative estimate of drug-likeness (QED) is 0.572. The first kappa shape index (κ1) is 12.7. The number of nitrogen functional groups attached to an aromatic ring is 1. The summed E-state index contributed by atoms with van der Waals surface area (Å²) in [5, 5.41) is 2.85. The van der Waals surface area contributed by atoms with Crippen LogP contribution >= 0.6 is 0 Å². The molecule has 18 heavy (non-hydrogen) atoms. The Morgan fingerprint density at radius 2 is 2.17 bits per heavy atom. The lowest BCUT2D eigenvalue weighted by molar-refractivity contribution is -0.123. The van der Waals surface area contributed by atoms with Crippen LogP contribution in [0.3, 0.4) is 0 Å². The summed E-state index contributed by atoms with van der Waals surface area (Å²) in [5.74, 6) is 1.39. The molecule has 3 N–H and O–H groups in total. The van der Waals surface area contributed by atoms with Crippen molar-refractivity contribution in [3.8, 4) is 5.75 Å². The number of nitrogens with two attached hydrogens (primary N) is 1. The number of rotatable bonds is 7. The second kappa shape index (κ2) is 6.28. The Balaban J connectivity index is 1.60. The molecule has 98 valence electrons. The summed E-state index contributed by atoms with van der Waals surface area (Å²) in [6.07, 6.45) is 5.02. The second-order valence-corrected chi connectivity index (χ2v) is 4.76. The Morgan fingerprint density at radius 3 is 2.89 bits per heavy atom. The monoisotopic (exact) mass is 248 g/mol. The van der Waals surface area contributed by atoms with Gasteiger partial charge < -0.3 is 15.8 Å². The van der Waals surface area contributed by atoms with E-state index in [-0.39, 0.29) is 12.5 Å². The van der Waals surface area contributed by atoms with Crippen molar-refractivity contribution < 1.29 is 9.53 Å². The van der Waals surface area contributed by atoms with Crippen LogP contribution in [0, 0.1) is 5.92 Å².